The highest BCUT2D eigenvalue weighted by molar-refractivity contribution is 7.92. The highest BCUT2D eigenvalue weighted by Gasteiger charge is 2.29. The number of sulfonamides is 1. The maximum absolute atomic E-state index is 13.6. The summed E-state index contributed by atoms with van der Waals surface area (Å²) >= 11 is 0. The van der Waals surface area contributed by atoms with E-state index in [4.69, 9.17) is 4.74 Å². The predicted molar refractivity (Wildman–Crippen MR) is 153 cm³/mol. The molecule has 1 N–H and O–H groups in total. The smallest absolute Gasteiger partial charge is 0.243 e. The molecule has 210 valence electrons. The molecule has 0 fully saturated rings. The third-order valence-electron chi connectivity index (χ3n) is 6.90. The van der Waals surface area contributed by atoms with Crippen LogP contribution in [0.25, 0.3) is 0 Å². The number of carbonyl (C=O) groups is 2. The Hall–Kier alpha value is -3.07. The van der Waals surface area contributed by atoms with E-state index in [0.717, 1.165) is 23.1 Å². The van der Waals surface area contributed by atoms with Crippen LogP contribution in [-0.4, -0.2) is 57.1 Å². The van der Waals surface area contributed by atoms with E-state index in [1.165, 1.54) is 10.6 Å². The Bertz CT molecular complexity index is 1180. The van der Waals surface area contributed by atoms with Crippen molar-refractivity contribution in [2.24, 2.45) is 0 Å². The van der Waals surface area contributed by atoms with Gasteiger partial charge < -0.3 is 15.0 Å². The first-order chi connectivity index (χ1) is 17.9. The molecule has 0 heterocycles. The molecule has 2 aromatic carbocycles. The van der Waals surface area contributed by atoms with Gasteiger partial charge in [0.15, 0.2) is 0 Å². The Labute approximate surface area is 228 Å². The number of ether oxygens (including phenoxy) is 1. The standard InChI is InChI=1S/C29H43N3O5S/c1-8-22(4)30-29(34)26(9-2)31(20-24-15-17-25(37-6)18-16-24)28(33)14-11-19-32(38(7,35)36)27-13-10-12-21(3)23(27)5/h10,12-13,15-18,22,26H,8-9,11,14,19-20H2,1-7H3,(H,30,34)/t22-,26+/m0/s1. The van der Waals surface area contributed by atoms with Crippen molar-refractivity contribution in [3.63, 3.8) is 0 Å². The van der Waals surface area contributed by atoms with Crippen LogP contribution in [0, 0.1) is 13.8 Å². The number of amides is 2. The van der Waals surface area contributed by atoms with Crippen LogP contribution in [0.1, 0.15) is 63.1 Å². The lowest BCUT2D eigenvalue weighted by atomic mass is 10.1. The summed E-state index contributed by atoms with van der Waals surface area (Å²) in [6, 6.07) is 12.3. The van der Waals surface area contributed by atoms with Crippen LogP contribution in [0.3, 0.4) is 0 Å². The highest BCUT2D eigenvalue weighted by atomic mass is 32.2. The molecule has 0 aliphatic carbocycles. The van der Waals surface area contributed by atoms with Gasteiger partial charge in [0.2, 0.25) is 21.8 Å². The summed E-state index contributed by atoms with van der Waals surface area (Å²) in [5.74, 6) is 0.332. The first-order valence-electron chi connectivity index (χ1n) is 13.2. The van der Waals surface area contributed by atoms with Crippen molar-refractivity contribution in [2.45, 2.75) is 78.9 Å². The summed E-state index contributed by atoms with van der Waals surface area (Å²) in [7, 11) is -1.96. The van der Waals surface area contributed by atoms with E-state index < -0.39 is 16.1 Å². The Morgan fingerprint density at radius 1 is 1.03 bits per heavy atom. The average Bonchev–Trinajstić information content (AvgIpc) is 2.87. The lowest BCUT2D eigenvalue weighted by molar-refractivity contribution is -0.141. The van der Waals surface area contributed by atoms with E-state index in [1.807, 2.05) is 71.0 Å². The summed E-state index contributed by atoms with van der Waals surface area (Å²) in [5, 5.41) is 3.01. The number of carbonyl (C=O) groups excluding carboxylic acids is 2. The molecule has 8 nitrogen and oxygen atoms in total. The zero-order valence-corrected chi connectivity index (χ0v) is 24.6. The molecule has 0 unspecified atom stereocenters. The molecule has 0 spiro atoms. The van der Waals surface area contributed by atoms with Crippen LogP contribution in [0.5, 0.6) is 5.75 Å². The minimum atomic E-state index is -3.55. The second-order valence-electron chi connectivity index (χ2n) is 9.77. The summed E-state index contributed by atoms with van der Waals surface area (Å²) in [6.07, 6.45) is 2.86. The van der Waals surface area contributed by atoms with Crippen LogP contribution < -0.4 is 14.4 Å². The molecule has 2 aromatic rings. The molecule has 2 amide bonds. The van der Waals surface area contributed by atoms with E-state index in [1.54, 1.807) is 18.1 Å². The predicted octanol–water partition coefficient (Wildman–Crippen LogP) is 4.58. The summed E-state index contributed by atoms with van der Waals surface area (Å²) in [5.41, 5.74) is 3.38. The minimum Gasteiger partial charge on any atom is -0.497 e. The second-order valence-corrected chi connectivity index (χ2v) is 11.7. The Morgan fingerprint density at radius 2 is 1.68 bits per heavy atom. The van der Waals surface area contributed by atoms with E-state index >= 15 is 0 Å². The van der Waals surface area contributed by atoms with E-state index in [-0.39, 0.29) is 37.4 Å². The fourth-order valence-electron chi connectivity index (χ4n) is 4.28. The van der Waals surface area contributed by atoms with Crippen molar-refractivity contribution < 1.29 is 22.7 Å². The van der Waals surface area contributed by atoms with Crippen molar-refractivity contribution in [2.75, 3.05) is 24.2 Å². The summed E-state index contributed by atoms with van der Waals surface area (Å²) in [6.45, 7) is 10.1. The van der Waals surface area contributed by atoms with Gasteiger partial charge in [0.25, 0.3) is 0 Å². The van der Waals surface area contributed by atoms with Crippen molar-refractivity contribution in [3.05, 3.63) is 59.2 Å². The quantitative estimate of drug-likeness (QED) is 0.375. The molecule has 0 aromatic heterocycles. The van der Waals surface area contributed by atoms with Gasteiger partial charge in [0.05, 0.1) is 19.1 Å². The Balaban J connectivity index is 2.26. The minimum absolute atomic E-state index is 0.00428. The summed E-state index contributed by atoms with van der Waals surface area (Å²) in [4.78, 5) is 28.3. The van der Waals surface area contributed by atoms with E-state index in [0.29, 0.717) is 24.3 Å². The van der Waals surface area contributed by atoms with Gasteiger partial charge in [-0.1, -0.05) is 38.1 Å². The number of aryl methyl sites for hydroxylation is 1. The molecule has 38 heavy (non-hydrogen) atoms. The van der Waals surface area contributed by atoms with Gasteiger partial charge >= 0.3 is 0 Å². The van der Waals surface area contributed by atoms with Crippen molar-refractivity contribution in [1.29, 1.82) is 0 Å². The second kappa shape index (κ2) is 14.2. The van der Waals surface area contributed by atoms with Gasteiger partial charge in [-0.25, -0.2) is 8.42 Å². The first kappa shape index (κ1) is 31.1. The third-order valence-corrected chi connectivity index (χ3v) is 8.08. The van der Waals surface area contributed by atoms with E-state index in [2.05, 4.69) is 5.32 Å². The third kappa shape index (κ3) is 8.48. The van der Waals surface area contributed by atoms with Crippen molar-refractivity contribution in [1.82, 2.24) is 10.2 Å². The maximum Gasteiger partial charge on any atom is 0.243 e. The van der Waals surface area contributed by atoms with Gasteiger partial charge in [-0.05, 0) is 74.9 Å². The van der Waals surface area contributed by atoms with Crippen LogP contribution >= 0.6 is 0 Å². The van der Waals surface area contributed by atoms with Gasteiger partial charge in [-0.15, -0.1) is 0 Å². The van der Waals surface area contributed by atoms with Gasteiger partial charge in [0, 0.05) is 25.6 Å². The van der Waals surface area contributed by atoms with Crippen LogP contribution in [-0.2, 0) is 26.2 Å². The Morgan fingerprint density at radius 3 is 2.24 bits per heavy atom. The van der Waals surface area contributed by atoms with Gasteiger partial charge in [-0.3, -0.25) is 13.9 Å². The molecular weight excluding hydrogens is 502 g/mol. The van der Waals surface area contributed by atoms with Gasteiger partial charge in [-0.2, -0.15) is 0 Å². The summed E-state index contributed by atoms with van der Waals surface area (Å²) < 4.78 is 31.9. The lowest BCUT2D eigenvalue weighted by Crippen LogP contribution is -2.50. The van der Waals surface area contributed by atoms with Crippen LogP contribution in [0.15, 0.2) is 42.5 Å². The van der Waals surface area contributed by atoms with Crippen LogP contribution in [0.4, 0.5) is 5.69 Å². The molecule has 0 aliphatic rings. The van der Waals surface area contributed by atoms with Crippen molar-refractivity contribution >= 4 is 27.5 Å². The normalized spacial score (nSPS) is 12.9. The SMILES string of the molecule is CC[C@H](C(=O)N[C@@H](C)CC)N(Cc1ccc(OC)cc1)C(=O)CCCN(c1cccc(C)c1C)S(C)(=O)=O. The molecule has 0 saturated carbocycles. The Kier molecular flexibility index (Phi) is 11.6. The molecular formula is C29H43N3O5S. The monoisotopic (exact) mass is 545 g/mol. The molecule has 9 heteroatoms. The number of anilines is 1. The topological polar surface area (TPSA) is 96.0 Å². The largest absolute Gasteiger partial charge is 0.497 e. The number of nitrogens with one attached hydrogen (secondary N) is 1. The first-order valence-corrected chi connectivity index (χ1v) is 15.0. The number of nitrogens with zero attached hydrogens (tertiary/aromatic N) is 2. The molecule has 0 saturated heterocycles. The number of hydrogen-bond acceptors (Lipinski definition) is 5. The average molecular weight is 546 g/mol. The number of hydrogen-bond donors (Lipinski definition) is 1. The molecule has 2 atom stereocenters. The molecule has 0 radical (unpaired) electrons. The maximum atomic E-state index is 13.6. The van der Waals surface area contributed by atoms with E-state index in [9.17, 15) is 18.0 Å². The number of methoxy groups -OCH3 is 1. The fourth-order valence-corrected chi connectivity index (χ4v) is 5.29. The number of benzene rings is 2. The zero-order chi connectivity index (χ0) is 28.5. The highest BCUT2D eigenvalue weighted by Crippen LogP contribution is 2.26. The number of rotatable bonds is 14. The molecule has 2 rings (SSSR count). The molecule has 0 aliphatic heterocycles. The van der Waals surface area contributed by atoms with Crippen molar-refractivity contribution in [3.8, 4) is 5.75 Å². The van der Waals surface area contributed by atoms with Crippen LogP contribution in [0.2, 0.25) is 0 Å². The van der Waals surface area contributed by atoms with Gasteiger partial charge in [0.1, 0.15) is 11.8 Å². The fraction of sp³-hybridized carbons (Fsp3) is 0.517. The molecule has 0 bridgehead atoms. The lowest BCUT2D eigenvalue weighted by Gasteiger charge is -2.32. The zero-order valence-electron chi connectivity index (χ0n) is 23.8.